The number of hydrogen-bond donors (Lipinski definition) is 1. The van der Waals surface area contributed by atoms with Gasteiger partial charge in [-0.1, -0.05) is 27.2 Å². The molecule has 17 heavy (non-hydrogen) atoms. The predicted molar refractivity (Wildman–Crippen MR) is 66.3 cm³/mol. The Kier molecular flexibility index (Phi) is 4.95. The van der Waals surface area contributed by atoms with Gasteiger partial charge in [0.1, 0.15) is 5.54 Å². The monoisotopic (exact) mass is 243 g/mol. The van der Waals surface area contributed by atoms with Crippen LogP contribution in [0.3, 0.4) is 0 Å². The van der Waals surface area contributed by atoms with E-state index in [-0.39, 0.29) is 17.8 Å². The van der Waals surface area contributed by atoms with Gasteiger partial charge >= 0.3 is 5.97 Å². The quantitative estimate of drug-likeness (QED) is 0.751. The van der Waals surface area contributed by atoms with Crippen molar-refractivity contribution in [2.45, 2.75) is 58.8 Å². The topological polar surface area (TPSA) is 61.5 Å². The Balaban J connectivity index is 2.93. The molecule has 1 aliphatic rings. The van der Waals surface area contributed by atoms with Crippen molar-refractivity contribution < 1.29 is 14.3 Å². The fourth-order valence-corrected chi connectivity index (χ4v) is 2.72. The third-order valence-electron chi connectivity index (χ3n) is 3.84. The molecule has 1 heterocycles. The van der Waals surface area contributed by atoms with Crippen LogP contribution in [0, 0.1) is 11.8 Å². The van der Waals surface area contributed by atoms with Gasteiger partial charge in [0.15, 0.2) is 0 Å². The van der Waals surface area contributed by atoms with Crippen molar-refractivity contribution >= 4 is 5.97 Å². The molecule has 100 valence electrons. The Labute approximate surface area is 104 Å². The second-order valence-corrected chi connectivity index (χ2v) is 4.88. The van der Waals surface area contributed by atoms with Crippen LogP contribution in [0.5, 0.6) is 0 Å². The summed E-state index contributed by atoms with van der Waals surface area (Å²) in [6.45, 7) is 8.56. The van der Waals surface area contributed by atoms with Crippen molar-refractivity contribution in [1.82, 2.24) is 0 Å². The van der Waals surface area contributed by atoms with Gasteiger partial charge in [0.2, 0.25) is 6.29 Å². The van der Waals surface area contributed by atoms with Crippen LogP contribution in [0.4, 0.5) is 0 Å². The van der Waals surface area contributed by atoms with Crippen LogP contribution >= 0.6 is 0 Å². The smallest absolute Gasteiger partial charge is 0.328 e. The molecule has 0 bridgehead atoms. The minimum atomic E-state index is -0.844. The zero-order valence-corrected chi connectivity index (χ0v) is 11.4. The van der Waals surface area contributed by atoms with Crippen LogP contribution in [0.1, 0.15) is 47.0 Å². The van der Waals surface area contributed by atoms with Gasteiger partial charge in [-0.3, -0.25) is 0 Å². The van der Waals surface area contributed by atoms with Crippen LogP contribution in [0.15, 0.2) is 0 Å². The number of hydrogen-bond acceptors (Lipinski definition) is 4. The average molecular weight is 243 g/mol. The number of carbonyl (C=O) groups excluding carboxylic acids is 1. The summed E-state index contributed by atoms with van der Waals surface area (Å²) in [5.74, 6) is -0.0251. The number of ether oxygens (including phenoxy) is 2. The Morgan fingerprint density at radius 3 is 2.53 bits per heavy atom. The minimum absolute atomic E-state index is 0.135. The molecule has 0 aromatic rings. The number of nitrogens with two attached hydrogens (primary N) is 1. The van der Waals surface area contributed by atoms with Crippen molar-refractivity contribution in [2.75, 3.05) is 6.61 Å². The van der Waals surface area contributed by atoms with Gasteiger partial charge in [-0.15, -0.1) is 0 Å². The van der Waals surface area contributed by atoms with Crippen LogP contribution in [0.2, 0.25) is 0 Å². The molecule has 2 unspecified atom stereocenters. The summed E-state index contributed by atoms with van der Waals surface area (Å²) in [4.78, 5) is 12.0. The SMILES string of the molecule is CCC[C@@H]1C(C)C(OCC)OC(=O)[C@]1(N)CC. The number of rotatable bonds is 5. The fourth-order valence-electron chi connectivity index (χ4n) is 2.72. The summed E-state index contributed by atoms with van der Waals surface area (Å²) in [6, 6.07) is 0. The van der Waals surface area contributed by atoms with E-state index in [4.69, 9.17) is 15.2 Å². The molecular formula is C13H25NO3. The van der Waals surface area contributed by atoms with Crippen molar-refractivity contribution in [3.63, 3.8) is 0 Å². The third kappa shape index (κ3) is 2.63. The molecule has 1 fully saturated rings. The minimum Gasteiger partial charge on any atom is -0.434 e. The zero-order valence-electron chi connectivity index (χ0n) is 11.4. The summed E-state index contributed by atoms with van der Waals surface area (Å²) in [7, 11) is 0. The van der Waals surface area contributed by atoms with Crippen LogP contribution in [-0.4, -0.2) is 24.4 Å². The van der Waals surface area contributed by atoms with Gasteiger partial charge < -0.3 is 15.2 Å². The maximum Gasteiger partial charge on any atom is 0.328 e. The van der Waals surface area contributed by atoms with Crippen LogP contribution in [-0.2, 0) is 14.3 Å². The highest BCUT2D eigenvalue weighted by Gasteiger charge is 2.51. The molecule has 2 N–H and O–H groups in total. The summed E-state index contributed by atoms with van der Waals surface area (Å²) in [5.41, 5.74) is 5.41. The van der Waals surface area contributed by atoms with Crippen molar-refractivity contribution in [3.8, 4) is 0 Å². The lowest BCUT2D eigenvalue weighted by Gasteiger charge is -2.45. The standard InChI is InChI=1S/C13H25NO3/c1-5-8-10-9(4)11(16-7-3)17-12(15)13(10,14)6-2/h9-11H,5-8,14H2,1-4H3/t9?,10-,11?,13+/m1/s1. The van der Waals surface area contributed by atoms with Gasteiger partial charge in [-0.25, -0.2) is 4.79 Å². The highest BCUT2D eigenvalue weighted by Crippen LogP contribution is 2.38. The molecule has 4 atom stereocenters. The lowest BCUT2D eigenvalue weighted by Crippen LogP contribution is -2.63. The Morgan fingerprint density at radius 1 is 1.41 bits per heavy atom. The van der Waals surface area contributed by atoms with Gasteiger partial charge in [0, 0.05) is 12.5 Å². The molecule has 4 nitrogen and oxygen atoms in total. The maximum absolute atomic E-state index is 12.0. The van der Waals surface area contributed by atoms with Gasteiger partial charge in [-0.2, -0.15) is 0 Å². The fraction of sp³-hybridized carbons (Fsp3) is 0.923. The molecule has 1 rings (SSSR count). The maximum atomic E-state index is 12.0. The second kappa shape index (κ2) is 5.83. The Bertz CT molecular complexity index is 269. The third-order valence-corrected chi connectivity index (χ3v) is 3.84. The number of esters is 1. The summed E-state index contributed by atoms with van der Waals surface area (Å²) in [5, 5.41) is 0. The molecule has 1 aliphatic heterocycles. The molecule has 0 aliphatic carbocycles. The molecule has 0 aromatic heterocycles. The summed E-state index contributed by atoms with van der Waals surface area (Å²) >= 11 is 0. The van der Waals surface area contributed by atoms with E-state index < -0.39 is 11.8 Å². The first-order valence-corrected chi connectivity index (χ1v) is 6.62. The molecule has 0 radical (unpaired) electrons. The molecule has 0 spiro atoms. The molecular weight excluding hydrogens is 218 g/mol. The van der Waals surface area contributed by atoms with E-state index in [1.807, 2.05) is 13.8 Å². The first-order chi connectivity index (χ1) is 8.01. The van der Waals surface area contributed by atoms with E-state index in [1.54, 1.807) is 0 Å². The van der Waals surface area contributed by atoms with E-state index in [9.17, 15) is 4.79 Å². The molecule has 0 amide bonds. The van der Waals surface area contributed by atoms with E-state index in [0.717, 1.165) is 12.8 Å². The van der Waals surface area contributed by atoms with Crippen LogP contribution in [0.25, 0.3) is 0 Å². The van der Waals surface area contributed by atoms with Crippen molar-refractivity contribution in [3.05, 3.63) is 0 Å². The van der Waals surface area contributed by atoms with E-state index in [1.165, 1.54) is 0 Å². The van der Waals surface area contributed by atoms with Gasteiger partial charge in [0.05, 0.1) is 0 Å². The number of cyclic esters (lactones) is 1. The van der Waals surface area contributed by atoms with E-state index in [2.05, 4.69) is 13.8 Å². The first-order valence-electron chi connectivity index (χ1n) is 6.62. The average Bonchev–Trinajstić information content (AvgIpc) is 2.32. The van der Waals surface area contributed by atoms with E-state index in [0.29, 0.717) is 13.0 Å². The summed E-state index contributed by atoms with van der Waals surface area (Å²) in [6.07, 6.45) is 2.12. The van der Waals surface area contributed by atoms with Gasteiger partial charge in [0.25, 0.3) is 0 Å². The first kappa shape index (κ1) is 14.5. The second-order valence-electron chi connectivity index (χ2n) is 4.88. The highest BCUT2D eigenvalue weighted by molar-refractivity contribution is 5.82. The largest absolute Gasteiger partial charge is 0.434 e. The molecule has 0 aromatic carbocycles. The van der Waals surface area contributed by atoms with Crippen LogP contribution < -0.4 is 5.73 Å². The van der Waals surface area contributed by atoms with Gasteiger partial charge in [-0.05, 0) is 25.7 Å². The normalized spacial score (nSPS) is 37.9. The van der Waals surface area contributed by atoms with Crippen molar-refractivity contribution in [2.24, 2.45) is 17.6 Å². The lowest BCUT2D eigenvalue weighted by atomic mass is 9.71. The Morgan fingerprint density at radius 2 is 2.06 bits per heavy atom. The molecule has 1 saturated heterocycles. The summed E-state index contributed by atoms with van der Waals surface area (Å²) < 4.78 is 10.8. The molecule has 4 heteroatoms. The predicted octanol–water partition coefficient (Wildman–Crippen LogP) is 2.07. The van der Waals surface area contributed by atoms with E-state index >= 15 is 0 Å². The molecule has 0 saturated carbocycles. The van der Waals surface area contributed by atoms with Crippen molar-refractivity contribution in [1.29, 1.82) is 0 Å². The lowest BCUT2D eigenvalue weighted by molar-refractivity contribution is -0.223. The highest BCUT2D eigenvalue weighted by atomic mass is 16.7. The Hall–Kier alpha value is -0.610. The zero-order chi connectivity index (χ0) is 13.1. The number of carbonyl (C=O) groups is 1.